The van der Waals surface area contributed by atoms with Gasteiger partial charge in [-0.2, -0.15) is 0 Å². The summed E-state index contributed by atoms with van der Waals surface area (Å²) in [6.45, 7) is 8.38. The van der Waals surface area contributed by atoms with E-state index in [9.17, 15) is 9.59 Å². The minimum atomic E-state index is -0.150. The topological polar surface area (TPSA) is 43.4 Å². The molecule has 5 aliphatic carbocycles. The molecule has 0 bridgehead atoms. The zero-order valence-corrected chi connectivity index (χ0v) is 19.2. The fourth-order valence-electron chi connectivity index (χ4n) is 9.31. The maximum Gasteiger partial charge on any atom is 0.302 e. The van der Waals surface area contributed by atoms with Gasteiger partial charge in [0, 0.05) is 18.8 Å². The summed E-state index contributed by atoms with van der Waals surface area (Å²) in [5.41, 5.74) is 1.81. The minimum Gasteiger partial charge on any atom is -0.462 e. The Morgan fingerprint density at radius 2 is 1.83 bits per heavy atom. The number of Topliss-reactive ketones (excluding diaryl/α,β-unsaturated/α-hetero) is 1. The lowest BCUT2D eigenvalue weighted by atomic mass is 9.44. The molecule has 0 amide bonds. The van der Waals surface area contributed by atoms with Gasteiger partial charge in [0.25, 0.3) is 0 Å². The summed E-state index contributed by atoms with van der Waals surface area (Å²) in [5.74, 6) is 2.90. The summed E-state index contributed by atoms with van der Waals surface area (Å²) in [6, 6.07) is 0. The normalized spacial score (nSPS) is 49.2. The molecular formula is C27H38O3. The van der Waals surface area contributed by atoms with Gasteiger partial charge in [-0.25, -0.2) is 0 Å². The van der Waals surface area contributed by atoms with Crippen molar-refractivity contribution in [3.63, 3.8) is 0 Å². The number of rotatable bonds is 2. The highest BCUT2D eigenvalue weighted by Crippen LogP contribution is 2.73. The first-order valence-electron chi connectivity index (χ1n) is 12.2. The van der Waals surface area contributed by atoms with Gasteiger partial charge < -0.3 is 4.74 Å². The van der Waals surface area contributed by atoms with Crippen molar-refractivity contribution in [1.82, 2.24) is 0 Å². The molecule has 3 nitrogen and oxygen atoms in total. The van der Waals surface area contributed by atoms with Crippen molar-refractivity contribution in [2.45, 2.75) is 91.6 Å². The Labute approximate surface area is 181 Å². The summed E-state index contributed by atoms with van der Waals surface area (Å²) in [5, 5.41) is 0. The van der Waals surface area contributed by atoms with Crippen LogP contribution >= 0.6 is 0 Å². The number of allylic oxidation sites excluding steroid dienone is 3. The lowest BCUT2D eigenvalue weighted by Gasteiger charge is -2.60. The SMILES string of the molecule is CC(=O)O[C@H]1CC[C@@]2(C)C(=CC[C@@H]3[C@@H]2CC[C@@]2(C)[C@H]3C[C@@H]3CC=CC[C@@]32C(C)=O)C1. The fraction of sp³-hybridized carbons (Fsp3) is 0.778. The molecule has 0 N–H and O–H groups in total. The second kappa shape index (κ2) is 6.81. The highest BCUT2D eigenvalue weighted by atomic mass is 16.5. The molecule has 164 valence electrons. The third kappa shape index (κ3) is 2.56. The molecule has 0 heterocycles. The van der Waals surface area contributed by atoms with Gasteiger partial charge in [0.1, 0.15) is 11.9 Å². The van der Waals surface area contributed by atoms with Crippen LogP contribution in [0.1, 0.15) is 85.5 Å². The smallest absolute Gasteiger partial charge is 0.302 e. The Kier molecular flexibility index (Phi) is 4.66. The highest BCUT2D eigenvalue weighted by molar-refractivity contribution is 5.85. The molecule has 3 fully saturated rings. The molecule has 0 aliphatic heterocycles. The van der Waals surface area contributed by atoms with E-state index in [0.29, 0.717) is 29.5 Å². The average Bonchev–Trinajstić information content (AvgIpc) is 2.98. The quantitative estimate of drug-likeness (QED) is 0.412. The summed E-state index contributed by atoms with van der Waals surface area (Å²) in [7, 11) is 0. The van der Waals surface area contributed by atoms with E-state index in [1.807, 2.05) is 6.92 Å². The van der Waals surface area contributed by atoms with Crippen molar-refractivity contribution in [3.05, 3.63) is 23.8 Å². The Balaban J connectivity index is 1.47. The lowest BCUT2D eigenvalue weighted by molar-refractivity contribution is -0.150. The highest BCUT2D eigenvalue weighted by Gasteiger charge is 2.68. The molecule has 3 heteroatoms. The summed E-state index contributed by atoms with van der Waals surface area (Å²) < 4.78 is 5.59. The van der Waals surface area contributed by atoms with Crippen LogP contribution in [0.3, 0.4) is 0 Å². The lowest BCUT2D eigenvalue weighted by Crippen LogP contribution is -2.55. The second-order valence-corrected chi connectivity index (χ2v) is 11.6. The molecule has 0 aromatic heterocycles. The second-order valence-electron chi connectivity index (χ2n) is 11.6. The predicted octanol–water partition coefficient (Wildman–Crippen LogP) is 6.03. The van der Waals surface area contributed by atoms with Crippen molar-refractivity contribution in [3.8, 4) is 0 Å². The molecule has 0 spiro atoms. The van der Waals surface area contributed by atoms with Crippen LogP contribution in [0.15, 0.2) is 23.8 Å². The molecule has 0 aromatic rings. The number of ketones is 1. The first kappa shape index (κ1) is 20.5. The van der Waals surface area contributed by atoms with Gasteiger partial charge in [-0.1, -0.05) is 37.6 Å². The van der Waals surface area contributed by atoms with Crippen LogP contribution in [0, 0.1) is 39.9 Å². The monoisotopic (exact) mass is 410 g/mol. The Hall–Kier alpha value is -1.38. The number of fused-ring (bicyclic) bond motifs is 7. The van der Waals surface area contributed by atoms with E-state index in [-0.39, 0.29) is 28.3 Å². The standard InChI is InChI=1S/C27H38O3/c1-17(28)27-12-6-5-7-20(27)16-24-22-9-8-19-15-21(30-18(2)29)10-13-25(19,3)23(22)11-14-26(24,27)4/h5-6,8,20-24H,7,9-16H2,1-4H3/t20-,21-,22+,23-,24-,25-,26-,27+/m0/s1. The molecule has 3 saturated carbocycles. The van der Waals surface area contributed by atoms with Crippen LogP contribution in [0.25, 0.3) is 0 Å². The van der Waals surface area contributed by atoms with Crippen molar-refractivity contribution in [2.75, 3.05) is 0 Å². The third-order valence-corrected chi connectivity index (χ3v) is 10.7. The van der Waals surface area contributed by atoms with E-state index in [2.05, 4.69) is 32.1 Å². The van der Waals surface area contributed by atoms with E-state index >= 15 is 0 Å². The molecule has 0 unspecified atom stereocenters. The zero-order chi connectivity index (χ0) is 21.3. The number of carbonyl (C=O) groups is 2. The van der Waals surface area contributed by atoms with Crippen LogP contribution in [0.2, 0.25) is 0 Å². The van der Waals surface area contributed by atoms with Gasteiger partial charge in [0.15, 0.2) is 0 Å². The van der Waals surface area contributed by atoms with Crippen LogP contribution in [0.5, 0.6) is 0 Å². The Morgan fingerprint density at radius 1 is 1.03 bits per heavy atom. The largest absolute Gasteiger partial charge is 0.462 e. The molecule has 5 aliphatic rings. The average molecular weight is 411 g/mol. The van der Waals surface area contributed by atoms with Crippen molar-refractivity contribution in [2.24, 2.45) is 39.9 Å². The van der Waals surface area contributed by atoms with E-state index in [1.165, 1.54) is 26.2 Å². The van der Waals surface area contributed by atoms with E-state index in [1.54, 1.807) is 5.57 Å². The molecule has 8 atom stereocenters. The maximum absolute atomic E-state index is 13.2. The van der Waals surface area contributed by atoms with Gasteiger partial charge in [-0.15, -0.1) is 0 Å². The molecule has 0 saturated heterocycles. The van der Waals surface area contributed by atoms with Crippen LogP contribution in [-0.2, 0) is 14.3 Å². The summed E-state index contributed by atoms with van der Waals surface area (Å²) in [6.07, 6.45) is 17.1. The maximum atomic E-state index is 13.2. The summed E-state index contributed by atoms with van der Waals surface area (Å²) in [4.78, 5) is 24.6. The van der Waals surface area contributed by atoms with Crippen molar-refractivity contribution >= 4 is 11.8 Å². The first-order valence-corrected chi connectivity index (χ1v) is 12.2. The van der Waals surface area contributed by atoms with E-state index < -0.39 is 0 Å². The number of hydrogen-bond acceptors (Lipinski definition) is 3. The van der Waals surface area contributed by atoms with Gasteiger partial charge in [0.05, 0.1) is 0 Å². The third-order valence-electron chi connectivity index (χ3n) is 10.7. The zero-order valence-electron chi connectivity index (χ0n) is 19.2. The first-order chi connectivity index (χ1) is 14.2. The minimum absolute atomic E-state index is 0.0636. The molecule has 30 heavy (non-hydrogen) atoms. The fourth-order valence-corrected chi connectivity index (χ4v) is 9.31. The van der Waals surface area contributed by atoms with Gasteiger partial charge in [-0.05, 0) is 92.8 Å². The Morgan fingerprint density at radius 3 is 2.57 bits per heavy atom. The number of carbonyl (C=O) groups excluding carboxylic acids is 2. The number of esters is 1. The van der Waals surface area contributed by atoms with Crippen LogP contribution in [-0.4, -0.2) is 17.9 Å². The molecule has 0 radical (unpaired) electrons. The predicted molar refractivity (Wildman–Crippen MR) is 118 cm³/mol. The van der Waals surface area contributed by atoms with Gasteiger partial charge in [0.2, 0.25) is 0 Å². The Bertz CT molecular complexity index is 824. The van der Waals surface area contributed by atoms with Crippen molar-refractivity contribution in [1.29, 1.82) is 0 Å². The van der Waals surface area contributed by atoms with Gasteiger partial charge in [-0.3, -0.25) is 9.59 Å². The van der Waals surface area contributed by atoms with Crippen LogP contribution in [0.4, 0.5) is 0 Å². The van der Waals surface area contributed by atoms with E-state index in [0.717, 1.165) is 38.5 Å². The summed E-state index contributed by atoms with van der Waals surface area (Å²) >= 11 is 0. The molecule has 5 rings (SSSR count). The number of ether oxygens (including phenoxy) is 1. The molecular weight excluding hydrogens is 372 g/mol. The molecule has 0 aromatic carbocycles. The van der Waals surface area contributed by atoms with Gasteiger partial charge >= 0.3 is 5.97 Å². The van der Waals surface area contributed by atoms with E-state index in [4.69, 9.17) is 4.74 Å². The van der Waals surface area contributed by atoms with Crippen molar-refractivity contribution < 1.29 is 14.3 Å². The number of hydrogen-bond donors (Lipinski definition) is 0. The van der Waals surface area contributed by atoms with Crippen LogP contribution < -0.4 is 0 Å².